The van der Waals surface area contributed by atoms with Crippen LogP contribution in [-0.2, 0) is 21.6 Å². The highest BCUT2D eigenvalue weighted by atomic mass is 16.6. The molecule has 0 aliphatic carbocycles. The summed E-state index contributed by atoms with van der Waals surface area (Å²) in [5, 5.41) is 19.1. The summed E-state index contributed by atoms with van der Waals surface area (Å²) in [7, 11) is 1.54. The Morgan fingerprint density at radius 2 is 1.87 bits per heavy atom. The van der Waals surface area contributed by atoms with Crippen molar-refractivity contribution >= 4 is 28.8 Å². The molecule has 3 heterocycles. The molecule has 2 aromatic heterocycles. The Hall–Kier alpha value is -4.80. The van der Waals surface area contributed by atoms with Crippen LogP contribution in [0.3, 0.4) is 0 Å². The second-order valence-electron chi connectivity index (χ2n) is 9.99. The second-order valence-corrected chi connectivity index (χ2v) is 9.99. The van der Waals surface area contributed by atoms with Crippen molar-refractivity contribution in [2.24, 2.45) is 0 Å². The molecule has 1 aliphatic rings. The zero-order valence-electron chi connectivity index (χ0n) is 21.3. The molecule has 4 amide bonds. The number of imide groups is 3. The lowest BCUT2D eigenvalue weighted by molar-refractivity contribution is -0.131. The van der Waals surface area contributed by atoms with Crippen LogP contribution in [0, 0.1) is 0 Å². The smallest absolute Gasteiger partial charge is 0.425 e. The van der Waals surface area contributed by atoms with Gasteiger partial charge in [0.15, 0.2) is 11.4 Å². The predicted molar refractivity (Wildman–Crippen MR) is 137 cm³/mol. The van der Waals surface area contributed by atoms with Gasteiger partial charge in [0, 0.05) is 29.4 Å². The van der Waals surface area contributed by atoms with E-state index in [0.29, 0.717) is 27.0 Å². The van der Waals surface area contributed by atoms with Crippen LogP contribution >= 0.6 is 0 Å². The van der Waals surface area contributed by atoms with E-state index in [0.717, 1.165) is 5.69 Å². The first-order chi connectivity index (χ1) is 18.0. The SMILES string of the molecule is COc1ccc2c(O)n(CC3(c4ccc(-n5cccn5)cc4)NC(=O)N(C(=O)OC(C)(C)C)C3=O)cc2c1. The lowest BCUT2D eigenvalue weighted by atomic mass is 9.89. The van der Waals surface area contributed by atoms with Crippen molar-refractivity contribution in [2.45, 2.75) is 38.5 Å². The van der Waals surface area contributed by atoms with E-state index >= 15 is 0 Å². The quantitative estimate of drug-likeness (QED) is 0.384. The van der Waals surface area contributed by atoms with Crippen LogP contribution < -0.4 is 10.1 Å². The molecule has 2 N–H and O–H groups in total. The van der Waals surface area contributed by atoms with Crippen molar-refractivity contribution < 1.29 is 29.0 Å². The fourth-order valence-corrected chi connectivity index (χ4v) is 4.50. The minimum absolute atomic E-state index is 0.104. The molecular weight excluding hydrogens is 490 g/mol. The van der Waals surface area contributed by atoms with E-state index in [9.17, 15) is 19.5 Å². The van der Waals surface area contributed by atoms with Gasteiger partial charge in [-0.2, -0.15) is 10.00 Å². The molecule has 0 saturated carbocycles. The van der Waals surface area contributed by atoms with E-state index in [2.05, 4.69) is 10.4 Å². The van der Waals surface area contributed by atoms with Crippen molar-refractivity contribution in [3.63, 3.8) is 0 Å². The highest BCUT2D eigenvalue weighted by Crippen LogP contribution is 2.37. The summed E-state index contributed by atoms with van der Waals surface area (Å²) in [6, 6.07) is 12.9. The normalized spacial score (nSPS) is 17.6. The third-order valence-electron chi connectivity index (χ3n) is 6.27. The van der Waals surface area contributed by atoms with Gasteiger partial charge in [-0.15, -0.1) is 0 Å². The third-order valence-corrected chi connectivity index (χ3v) is 6.27. The fraction of sp³-hybridized carbons (Fsp3) is 0.259. The standard InChI is InChI=1S/C27H27N5O6/c1-26(2,3)38-25(36)32-23(34)27(29-24(32)35,18-6-8-19(9-7-18)31-13-5-12-28-31)16-30-15-17-14-20(37-4)10-11-21(17)22(30)33/h5-15,33H,16H2,1-4H3,(H,29,35). The molecule has 1 unspecified atom stereocenters. The van der Waals surface area contributed by atoms with Crippen LogP contribution in [0.15, 0.2) is 67.1 Å². The number of aromatic nitrogens is 3. The Morgan fingerprint density at radius 3 is 2.50 bits per heavy atom. The van der Waals surface area contributed by atoms with E-state index in [1.54, 1.807) is 92.6 Å². The lowest BCUT2D eigenvalue weighted by Crippen LogP contribution is -2.48. The summed E-state index contributed by atoms with van der Waals surface area (Å²) in [5.41, 5.74) is -1.50. The maximum atomic E-state index is 13.9. The molecule has 1 fully saturated rings. The molecule has 0 bridgehead atoms. The zero-order valence-corrected chi connectivity index (χ0v) is 21.3. The van der Waals surface area contributed by atoms with E-state index in [-0.39, 0.29) is 12.4 Å². The summed E-state index contributed by atoms with van der Waals surface area (Å²) in [4.78, 5) is 40.3. The Kier molecular flexibility index (Phi) is 5.85. The number of fused-ring (bicyclic) bond motifs is 1. The van der Waals surface area contributed by atoms with Gasteiger partial charge in [-0.1, -0.05) is 12.1 Å². The van der Waals surface area contributed by atoms with Gasteiger partial charge in [0.05, 0.1) is 19.3 Å². The van der Waals surface area contributed by atoms with Crippen LogP contribution in [0.1, 0.15) is 26.3 Å². The Labute approximate surface area is 218 Å². The number of carbonyl (C=O) groups is 3. The zero-order chi connectivity index (χ0) is 27.2. The monoisotopic (exact) mass is 517 g/mol. The number of methoxy groups -OCH3 is 1. The largest absolute Gasteiger partial charge is 0.497 e. The molecule has 1 aliphatic heterocycles. The van der Waals surface area contributed by atoms with Crippen molar-refractivity contribution in [3.8, 4) is 17.3 Å². The van der Waals surface area contributed by atoms with Gasteiger partial charge in [-0.05, 0) is 62.7 Å². The molecular formula is C27H27N5O6. The average Bonchev–Trinajstić information content (AvgIpc) is 3.56. The molecule has 0 spiro atoms. The molecule has 5 rings (SSSR count). The van der Waals surface area contributed by atoms with E-state index in [4.69, 9.17) is 9.47 Å². The minimum Gasteiger partial charge on any atom is -0.497 e. The number of nitrogens with one attached hydrogen (secondary N) is 1. The molecule has 1 saturated heterocycles. The third kappa shape index (κ3) is 4.21. The van der Waals surface area contributed by atoms with Crippen LogP contribution in [0.5, 0.6) is 11.6 Å². The summed E-state index contributed by atoms with van der Waals surface area (Å²) >= 11 is 0. The molecule has 2 aromatic carbocycles. The Morgan fingerprint density at radius 1 is 1.13 bits per heavy atom. The van der Waals surface area contributed by atoms with Crippen molar-refractivity contribution in [3.05, 3.63) is 72.7 Å². The van der Waals surface area contributed by atoms with Gasteiger partial charge in [0.25, 0.3) is 5.91 Å². The molecule has 4 aromatic rings. The highest BCUT2D eigenvalue weighted by molar-refractivity contribution is 6.17. The fourth-order valence-electron chi connectivity index (χ4n) is 4.50. The number of ether oxygens (including phenoxy) is 2. The van der Waals surface area contributed by atoms with Gasteiger partial charge < -0.3 is 24.5 Å². The van der Waals surface area contributed by atoms with Crippen LogP contribution in [-0.4, -0.2) is 55.1 Å². The van der Waals surface area contributed by atoms with Gasteiger partial charge >= 0.3 is 12.1 Å². The summed E-state index contributed by atoms with van der Waals surface area (Å²) in [5.74, 6) is -0.328. The highest BCUT2D eigenvalue weighted by Gasteiger charge is 2.56. The first-order valence-corrected chi connectivity index (χ1v) is 11.9. The molecule has 11 nitrogen and oxygen atoms in total. The molecule has 38 heavy (non-hydrogen) atoms. The van der Waals surface area contributed by atoms with Gasteiger partial charge in [-0.25, -0.2) is 14.3 Å². The first-order valence-electron chi connectivity index (χ1n) is 11.9. The molecule has 0 radical (unpaired) electrons. The predicted octanol–water partition coefficient (Wildman–Crippen LogP) is 3.92. The van der Waals surface area contributed by atoms with Crippen molar-refractivity contribution in [1.82, 2.24) is 24.6 Å². The van der Waals surface area contributed by atoms with Crippen molar-refractivity contribution in [2.75, 3.05) is 7.11 Å². The number of nitrogens with zero attached hydrogens (tertiary/aromatic N) is 4. The number of hydrogen-bond donors (Lipinski definition) is 2. The minimum atomic E-state index is -1.72. The van der Waals surface area contributed by atoms with Gasteiger partial charge in [-0.3, -0.25) is 4.79 Å². The molecule has 196 valence electrons. The number of urea groups is 1. The summed E-state index contributed by atoms with van der Waals surface area (Å²) in [6.07, 6.45) is 3.99. The second kappa shape index (κ2) is 8.94. The number of hydrogen-bond acceptors (Lipinski definition) is 7. The van der Waals surface area contributed by atoms with Gasteiger partial charge in [0.2, 0.25) is 0 Å². The van der Waals surface area contributed by atoms with E-state index in [1.165, 1.54) is 11.7 Å². The van der Waals surface area contributed by atoms with Crippen LogP contribution in [0.25, 0.3) is 16.5 Å². The maximum Gasteiger partial charge on any atom is 0.425 e. The number of amides is 4. The summed E-state index contributed by atoms with van der Waals surface area (Å²) in [6.45, 7) is 4.73. The number of benzene rings is 2. The number of aromatic hydroxyl groups is 1. The maximum absolute atomic E-state index is 13.9. The van der Waals surface area contributed by atoms with Crippen LogP contribution in [0.2, 0.25) is 0 Å². The molecule has 11 heteroatoms. The average molecular weight is 518 g/mol. The van der Waals surface area contributed by atoms with Gasteiger partial charge in [0.1, 0.15) is 11.4 Å². The van der Waals surface area contributed by atoms with Crippen molar-refractivity contribution in [1.29, 1.82) is 0 Å². The Balaban J connectivity index is 1.60. The Bertz CT molecular complexity index is 1530. The van der Waals surface area contributed by atoms with E-state index in [1.807, 2.05) is 0 Å². The summed E-state index contributed by atoms with van der Waals surface area (Å²) < 4.78 is 13.7. The van der Waals surface area contributed by atoms with Crippen LogP contribution in [0.4, 0.5) is 9.59 Å². The molecule has 1 atom stereocenters. The van der Waals surface area contributed by atoms with E-state index < -0.39 is 29.2 Å². The first kappa shape index (κ1) is 24.9. The number of carbonyl (C=O) groups excluding carboxylic acids is 3. The number of rotatable bonds is 5. The lowest BCUT2D eigenvalue weighted by Gasteiger charge is -2.28. The topological polar surface area (TPSA) is 128 Å².